The van der Waals surface area contributed by atoms with Crippen molar-refractivity contribution in [3.8, 4) is 0 Å². The molecule has 1 aromatic heterocycles. The smallest absolute Gasteiger partial charge is 0.305 e. The molecule has 1 heterocycles. The zero-order valence-electron chi connectivity index (χ0n) is 11.7. The first kappa shape index (κ1) is 15.2. The lowest BCUT2D eigenvalue weighted by atomic mass is 10.2. The molecule has 0 aliphatic carbocycles. The van der Waals surface area contributed by atoms with Gasteiger partial charge in [0.1, 0.15) is 12.4 Å². The molecule has 2 rings (SSSR count). The van der Waals surface area contributed by atoms with Gasteiger partial charge in [-0.05, 0) is 12.5 Å². The molecule has 0 atom stereocenters. The SMILES string of the molecule is Cc1ccc(CSCCNc2ncc([N+](=O)[O-])cn2)cc1. The van der Waals surface area contributed by atoms with Gasteiger partial charge in [0, 0.05) is 18.1 Å². The van der Waals surface area contributed by atoms with Crippen LogP contribution in [0.1, 0.15) is 11.1 Å². The van der Waals surface area contributed by atoms with E-state index in [2.05, 4.69) is 46.5 Å². The summed E-state index contributed by atoms with van der Waals surface area (Å²) in [5.74, 6) is 2.29. The fraction of sp³-hybridized carbons (Fsp3) is 0.286. The average Bonchev–Trinajstić information content (AvgIpc) is 2.49. The van der Waals surface area contributed by atoms with E-state index in [9.17, 15) is 10.1 Å². The van der Waals surface area contributed by atoms with E-state index in [4.69, 9.17) is 0 Å². The monoisotopic (exact) mass is 304 g/mol. The lowest BCUT2D eigenvalue weighted by Gasteiger charge is -2.04. The number of anilines is 1. The van der Waals surface area contributed by atoms with Crippen molar-refractivity contribution in [2.45, 2.75) is 12.7 Å². The minimum atomic E-state index is -0.513. The van der Waals surface area contributed by atoms with E-state index in [0.717, 1.165) is 11.5 Å². The van der Waals surface area contributed by atoms with E-state index in [0.29, 0.717) is 12.5 Å². The van der Waals surface area contributed by atoms with Crippen LogP contribution in [0.5, 0.6) is 0 Å². The molecule has 21 heavy (non-hydrogen) atoms. The lowest BCUT2D eigenvalue weighted by Crippen LogP contribution is -2.07. The minimum absolute atomic E-state index is 0.103. The van der Waals surface area contributed by atoms with Crippen LogP contribution >= 0.6 is 11.8 Å². The molecular formula is C14H16N4O2S. The van der Waals surface area contributed by atoms with Gasteiger partial charge in [-0.2, -0.15) is 11.8 Å². The molecule has 0 unspecified atom stereocenters. The van der Waals surface area contributed by atoms with Crippen LogP contribution in [0, 0.1) is 17.0 Å². The third-order valence-electron chi connectivity index (χ3n) is 2.77. The molecule has 0 bridgehead atoms. The first-order valence-corrected chi connectivity index (χ1v) is 7.64. The van der Waals surface area contributed by atoms with E-state index >= 15 is 0 Å². The van der Waals surface area contributed by atoms with Crippen LogP contribution in [0.3, 0.4) is 0 Å². The summed E-state index contributed by atoms with van der Waals surface area (Å²) < 4.78 is 0. The predicted octanol–water partition coefficient (Wildman–Crippen LogP) is 3.04. The molecule has 0 aliphatic heterocycles. The van der Waals surface area contributed by atoms with Gasteiger partial charge in [0.15, 0.2) is 0 Å². The molecule has 0 saturated heterocycles. The van der Waals surface area contributed by atoms with Crippen LogP contribution in [-0.4, -0.2) is 27.2 Å². The summed E-state index contributed by atoms with van der Waals surface area (Å²) in [6, 6.07) is 8.49. The molecule has 6 nitrogen and oxygen atoms in total. The molecule has 0 saturated carbocycles. The molecule has 0 fully saturated rings. The predicted molar refractivity (Wildman–Crippen MR) is 84.5 cm³/mol. The molecule has 0 radical (unpaired) electrons. The van der Waals surface area contributed by atoms with Gasteiger partial charge in [0.2, 0.25) is 5.95 Å². The van der Waals surface area contributed by atoms with Gasteiger partial charge in [0.05, 0.1) is 4.92 Å². The second kappa shape index (κ2) is 7.58. The van der Waals surface area contributed by atoms with Crippen LogP contribution in [0.4, 0.5) is 11.6 Å². The highest BCUT2D eigenvalue weighted by Crippen LogP contribution is 2.13. The maximum Gasteiger partial charge on any atom is 0.305 e. The second-order valence-electron chi connectivity index (χ2n) is 4.49. The molecule has 0 spiro atoms. The van der Waals surface area contributed by atoms with Crippen molar-refractivity contribution >= 4 is 23.4 Å². The normalized spacial score (nSPS) is 10.3. The van der Waals surface area contributed by atoms with Crippen LogP contribution in [0.2, 0.25) is 0 Å². The number of thioether (sulfide) groups is 1. The lowest BCUT2D eigenvalue weighted by molar-refractivity contribution is -0.385. The molecular weight excluding hydrogens is 288 g/mol. The topological polar surface area (TPSA) is 81.0 Å². The Bertz CT molecular complexity index is 587. The van der Waals surface area contributed by atoms with Gasteiger partial charge in [-0.15, -0.1) is 0 Å². The maximum absolute atomic E-state index is 10.5. The number of hydrogen-bond donors (Lipinski definition) is 1. The molecule has 2 aromatic rings. The number of rotatable bonds is 7. The van der Waals surface area contributed by atoms with Crippen molar-refractivity contribution in [3.63, 3.8) is 0 Å². The first-order chi connectivity index (χ1) is 10.1. The van der Waals surface area contributed by atoms with Gasteiger partial charge < -0.3 is 5.32 Å². The Hall–Kier alpha value is -2.15. The number of aromatic nitrogens is 2. The van der Waals surface area contributed by atoms with Crippen LogP contribution < -0.4 is 5.32 Å². The fourth-order valence-electron chi connectivity index (χ4n) is 1.62. The number of nitrogens with one attached hydrogen (secondary N) is 1. The van der Waals surface area contributed by atoms with E-state index in [1.807, 2.05) is 11.8 Å². The average molecular weight is 304 g/mol. The molecule has 0 aliphatic rings. The van der Waals surface area contributed by atoms with E-state index in [1.165, 1.54) is 23.5 Å². The molecule has 1 N–H and O–H groups in total. The van der Waals surface area contributed by atoms with Crippen molar-refractivity contribution in [1.82, 2.24) is 9.97 Å². The zero-order valence-corrected chi connectivity index (χ0v) is 12.5. The Kier molecular flexibility index (Phi) is 5.51. The highest BCUT2D eigenvalue weighted by Gasteiger charge is 2.05. The fourth-order valence-corrected chi connectivity index (χ4v) is 2.44. The molecule has 1 aromatic carbocycles. The van der Waals surface area contributed by atoms with Crippen LogP contribution in [0.25, 0.3) is 0 Å². The minimum Gasteiger partial charge on any atom is -0.353 e. The van der Waals surface area contributed by atoms with Crippen molar-refractivity contribution < 1.29 is 4.92 Å². The number of nitro groups is 1. The van der Waals surface area contributed by atoms with Crippen LogP contribution in [0.15, 0.2) is 36.7 Å². The standard InChI is InChI=1S/C14H16N4O2S/c1-11-2-4-12(5-3-11)10-21-7-6-15-14-16-8-13(9-17-14)18(19)20/h2-5,8-9H,6-7,10H2,1H3,(H,15,16,17). The zero-order chi connectivity index (χ0) is 15.1. The maximum atomic E-state index is 10.5. The number of nitrogens with zero attached hydrogens (tertiary/aromatic N) is 3. The Morgan fingerprint density at radius 3 is 2.52 bits per heavy atom. The van der Waals surface area contributed by atoms with Crippen molar-refractivity contribution in [2.75, 3.05) is 17.6 Å². The summed E-state index contributed by atoms with van der Waals surface area (Å²) in [6.07, 6.45) is 2.41. The summed E-state index contributed by atoms with van der Waals surface area (Å²) in [6.45, 7) is 2.79. The molecule has 110 valence electrons. The number of benzene rings is 1. The largest absolute Gasteiger partial charge is 0.353 e. The highest BCUT2D eigenvalue weighted by atomic mass is 32.2. The Balaban J connectivity index is 1.67. The summed E-state index contributed by atoms with van der Waals surface area (Å²) in [5, 5.41) is 13.5. The summed E-state index contributed by atoms with van der Waals surface area (Å²) >= 11 is 1.81. The molecule has 7 heteroatoms. The van der Waals surface area contributed by atoms with Gasteiger partial charge in [-0.3, -0.25) is 10.1 Å². The van der Waals surface area contributed by atoms with E-state index in [1.54, 1.807) is 0 Å². The third-order valence-corrected chi connectivity index (χ3v) is 3.80. The highest BCUT2D eigenvalue weighted by molar-refractivity contribution is 7.98. The Labute approximate surface area is 127 Å². The quantitative estimate of drug-likeness (QED) is 0.481. The van der Waals surface area contributed by atoms with Gasteiger partial charge in [-0.1, -0.05) is 29.8 Å². The first-order valence-electron chi connectivity index (χ1n) is 6.49. The van der Waals surface area contributed by atoms with Crippen LogP contribution in [-0.2, 0) is 5.75 Å². The summed E-state index contributed by atoms with van der Waals surface area (Å²) in [4.78, 5) is 17.7. The Morgan fingerprint density at radius 2 is 1.90 bits per heavy atom. The van der Waals surface area contributed by atoms with E-state index in [-0.39, 0.29) is 5.69 Å². The third kappa shape index (κ3) is 5.03. The summed E-state index contributed by atoms with van der Waals surface area (Å²) in [5.41, 5.74) is 2.47. The van der Waals surface area contributed by atoms with Gasteiger partial charge >= 0.3 is 5.69 Å². The van der Waals surface area contributed by atoms with Gasteiger partial charge in [0.25, 0.3) is 0 Å². The molecule has 0 amide bonds. The number of aryl methyl sites for hydroxylation is 1. The van der Waals surface area contributed by atoms with Crippen molar-refractivity contribution in [1.29, 1.82) is 0 Å². The number of hydrogen-bond acceptors (Lipinski definition) is 6. The summed E-state index contributed by atoms with van der Waals surface area (Å²) in [7, 11) is 0. The van der Waals surface area contributed by atoms with Gasteiger partial charge in [-0.25, -0.2) is 9.97 Å². The van der Waals surface area contributed by atoms with Crippen molar-refractivity contribution in [3.05, 3.63) is 57.9 Å². The second-order valence-corrected chi connectivity index (χ2v) is 5.59. The van der Waals surface area contributed by atoms with E-state index < -0.39 is 4.92 Å². The van der Waals surface area contributed by atoms with Crippen molar-refractivity contribution in [2.24, 2.45) is 0 Å². The Morgan fingerprint density at radius 1 is 1.24 bits per heavy atom.